The molecular weight excluding hydrogens is 472 g/mol. The molecule has 35 heavy (non-hydrogen) atoms. The van der Waals surface area contributed by atoms with E-state index in [2.05, 4.69) is 10.3 Å². The Balaban J connectivity index is 1.61. The van der Waals surface area contributed by atoms with Gasteiger partial charge in [-0.3, -0.25) is 9.36 Å². The molecule has 0 aliphatic heterocycles. The minimum absolute atomic E-state index is 0.0917. The van der Waals surface area contributed by atoms with E-state index in [0.29, 0.717) is 23.2 Å². The number of ether oxygens (including phenoxy) is 2. The van der Waals surface area contributed by atoms with Gasteiger partial charge in [0.1, 0.15) is 5.75 Å². The lowest BCUT2D eigenvalue weighted by Crippen LogP contribution is -2.43. The number of anilines is 2. The predicted molar refractivity (Wildman–Crippen MR) is 133 cm³/mol. The van der Waals surface area contributed by atoms with E-state index in [1.807, 2.05) is 12.1 Å². The third kappa shape index (κ3) is 6.73. The van der Waals surface area contributed by atoms with Crippen molar-refractivity contribution in [3.05, 3.63) is 80.1 Å². The van der Waals surface area contributed by atoms with Gasteiger partial charge in [-0.05, 0) is 67.6 Å². The number of benzene rings is 2. The van der Waals surface area contributed by atoms with Gasteiger partial charge in [-0.1, -0.05) is 23.7 Å². The molecule has 9 nitrogen and oxygen atoms in total. The number of carbonyl (C=O) groups excluding carboxylic acids is 1. The zero-order chi connectivity index (χ0) is 24.8. The van der Waals surface area contributed by atoms with Crippen LogP contribution in [0.25, 0.3) is 0 Å². The fourth-order valence-electron chi connectivity index (χ4n) is 3.43. The van der Waals surface area contributed by atoms with E-state index in [9.17, 15) is 14.4 Å². The van der Waals surface area contributed by atoms with Gasteiger partial charge < -0.3 is 14.8 Å². The molecule has 0 atom stereocenters. The van der Waals surface area contributed by atoms with Crippen molar-refractivity contribution in [3.8, 4) is 5.75 Å². The Morgan fingerprint density at radius 2 is 1.80 bits per heavy atom. The number of nitrogens with zero attached hydrogens (tertiary/aromatic N) is 3. The molecule has 1 aromatic heterocycles. The second kappa shape index (κ2) is 11.2. The average Bonchev–Trinajstić information content (AvgIpc) is 3.67. The summed E-state index contributed by atoms with van der Waals surface area (Å²) >= 11 is 5.99. The molecule has 0 amide bonds. The summed E-state index contributed by atoms with van der Waals surface area (Å²) in [5, 5.41) is 3.64. The summed E-state index contributed by atoms with van der Waals surface area (Å²) in [6.07, 6.45) is 2.31. The van der Waals surface area contributed by atoms with E-state index < -0.39 is 17.3 Å². The maximum absolute atomic E-state index is 13.3. The van der Waals surface area contributed by atoms with Crippen molar-refractivity contribution in [2.24, 2.45) is 5.92 Å². The van der Waals surface area contributed by atoms with Gasteiger partial charge in [-0.15, -0.1) is 0 Å². The van der Waals surface area contributed by atoms with E-state index in [0.717, 1.165) is 15.9 Å². The van der Waals surface area contributed by atoms with Crippen molar-refractivity contribution in [1.82, 2.24) is 14.1 Å². The fourth-order valence-corrected chi connectivity index (χ4v) is 3.56. The summed E-state index contributed by atoms with van der Waals surface area (Å²) in [5.41, 5.74) is 0.0969. The van der Waals surface area contributed by atoms with Crippen molar-refractivity contribution < 1.29 is 14.3 Å². The summed E-state index contributed by atoms with van der Waals surface area (Å²) < 4.78 is 13.0. The van der Waals surface area contributed by atoms with Crippen LogP contribution in [0.2, 0.25) is 5.02 Å². The molecule has 1 aliphatic carbocycles. The van der Waals surface area contributed by atoms with Gasteiger partial charge in [-0.2, -0.15) is 4.98 Å². The van der Waals surface area contributed by atoms with Crippen LogP contribution in [-0.2, 0) is 22.6 Å². The highest BCUT2D eigenvalue weighted by molar-refractivity contribution is 6.30. The lowest BCUT2D eigenvalue weighted by Gasteiger charge is -2.16. The number of aromatic nitrogens is 3. The molecule has 0 radical (unpaired) electrons. The predicted octanol–water partition coefficient (Wildman–Crippen LogP) is 3.59. The van der Waals surface area contributed by atoms with Crippen LogP contribution in [0.5, 0.6) is 5.75 Å². The third-order valence-corrected chi connectivity index (χ3v) is 5.79. The SMILES string of the molecule is CCOC(=O)CCn1c(=O)nc(Nc2ccc(OCC3CC3)cc2)n(Cc2ccc(Cl)cc2)c1=O. The molecule has 1 N–H and O–H groups in total. The molecular formula is C25H27ClN4O5. The molecule has 1 aliphatic rings. The van der Waals surface area contributed by atoms with Gasteiger partial charge in [0.25, 0.3) is 0 Å². The second-order valence-electron chi connectivity index (χ2n) is 8.32. The van der Waals surface area contributed by atoms with Gasteiger partial charge in [0.05, 0.1) is 26.2 Å². The maximum Gasteiger partial charge on any atom is 0.354 e. The minimum Gasteiger partial charge on any atom is -0.493 e. The standard InChI is InChI=1S/C25H27ClN4O5/c1-2-34-22(31)13-14-29-24(32)28-23(30(25(29)33)15-17-5-7-19(26)8-6-17)27-20-9-11-21(12-10-20)35-16-18-3-4-18/h5-12,18H,2-4,13-16H2,1H3,(H,27,28,32). The summed E-state index contributed by atoms with van der Waals surface area (Å²) in [6, 6.07) is 14.3. The van der Waals surface area contributed by atoms with Gasteiger partial charge in [0, 0.05) is 17.3 Å². The van der Waals surface area contributed by atoms with Crippen molar-refractivity contribution in [2.75, 3.05) is 18.5 Å². The smallest absolute Gasteiger partial charge is 0.354 e. The molecule has 0 bridgehead atoms. The normalized spacial score (nSPS) is 12.9. The Labute approximate surface area is 207 Å². The lowest BCUT2D eigenvalue weighted by atomic mass is 10.2. The van der Waals surface area contributed by atoms with Crippen LogP contribution in [0.3, 0.4) is 0 Å². The zero-order valence-corrected chi connectivity index (χ0v) is 20.2. The van der Waals surface area contributed by atoms with Crippen LogP contribution in [0.15, 0.2) is 58.1 Å². The number of hydrogen-bond acceptors (Lipinski definition) is 7. The molecule has 2 aromatic carbocycles. The van der Waals surface area contributed by atoms with Crippen molar-refractivity contribution in [3.63, 3.8) is 0 Å². The largest absolute Gasteiger partial charge is 0.493 e. The van der Waals surface area contributed by atoms with Crippen LogP contribution in [0, 0.1) is 5.92 Å². The summed E-state index contributed by atoms with van der Waals surface area (Å²) in [6.45, 7) is 2.64. The van der Waals surface area contributed by atoms with Gasteiger partial charge >= 0.3 is 17.3 Å². The van der Waals surface area contributed by atoms with Gasteiger partial charge in [0.2, 0.25) is 5.95 Å². The lowest BCUT2D eigenvalue weighted by molar-refractivity contribution is -0.143. The quantitative estimate of drug-likeness (QED) is 0.403. The number of nitrogens with one attached hydrogen (secondary N) is 1. The van der Waals surface area contributed by atoms with Crippen LogP contribution < -0.4 is 21.4 Å². The number of carbonyl (C=O) groups is 1. The maximum atomic E-state index is 13.3. The van der Waals surface area contributed by atoms with Crippen LogP contribution in [0.4, 0.5) is 11.6 Å². The summed E-state index contributed by atoms with van der Waals surface area (Å²) in [7, 11) is 0. The topological polar surface area (TPSA) is 104 Å². The Hall–Kier alpha value is -3.59. The fraction of sp³-hybridized carbons (Fsp3) is 0.360. The highest BCUT2D eigenvalue weighted by atomic mass is 35.5. The van der Waals surface area contributed by atoms with E-state index in [1.54, 1.807) is 43.3 Å². The zero-order valence-electron chi connectivity index (χ0n) is 19.4. The first-order valence-corrected chi connectivity index (χ1v) is 11.9. The molecule has 3 aromatic rings. The second-order valence-corrected chi connectivity index (χ2v) is 8.76. The molecule has 1 fully saturated rings. The van der Waals surface area contributed by atoms with E-state index in [4.69, 9.17) is 21.1 Å². The summed E-state index contributed by atoms with van der Waals surface area (Å²) in [5.74, 6) is 1.00. The van der Waals surface area contributed by atoms with Gasteiger partial charge in [0.15, 0.2) is 0 Å². The Kier molecular flexibility index (Phi) is 7.87. The summed E-state index contributed by atoms with van der Waals surface area (Å²) in [4.78, 5) is 41.9. The first-order valence-electron chi connectivity index (χ1n) is 11.5. The molecule has 1 saturated carbocycles. The Morgan fingerprint density at radius 3 is 2.46 bits per heavy atom. The molecule has 4 rings (SSSR count). The van der Waals surface area contributed by atoms with E-state index >= 15 is 0 Å². The Morgan fingerprint density at radius 1 is 1.09 bits per heavy atom. The van der Waals surface area contributed by atoms with Crippen molar-refractivity contribution >= 4 is 29.2 Å². The number of halogens is 1. The molecule has 10 heteroatoms. The van der Waals surface area contributed by atoms with Crippen molar-refractivity contribution in [1.29, 1.82) is 0 Å². The average molecular weight is 499 g/mol. The molecule has 184 valence electrons. The molecule has 0 unspecified atom stereocenters. The number of esters is 1. The molecule has 0 saturated heterocycles. The molecule has 0 spiro atoms. The van der Waals surface area contributed by atoms with E-state index in [1.165, 1.54) is 17.4 Å². The highest BCUT2D eigenvalue weighted by Gasteiger charge is 2.22. The third-order valence-electron chi connectivity index (χ3n) is 5.54. The van der Waals surface area contributed by atoms with Crippen LogP contribution in [-0.4, -0.2) is 33.3 Å². The minimum atomic E-state index is -0.751. The molecule has 1 heterocycles. The number of hydrogen-bond donors (Lipinski definition) is 1. The number of rotatable bonds is 11. The highest BCUT2D eigenvalue weighted by Crippen LogP contribution is 2.29. The monoisotopic (exact) mass is 498 g/mol. The Bertz CT molecular complexity index is 1280. The van der Waals surface area contributed by atoms with Crippen LogP contribution in [0.1, 0.15) is 31.7 Å². The van der Waals surface area contributed by atoms with E-state index in [-0.39, 0.29) is 32.1 Å². The first-order chi connectivity index (χ1) is 16.9. The van der Waals surface area contributed by atoms with Crippen molar-refractivity contribution in [2.45, 2.75) is 39.3 Å². The first kappa shape index (κ1) is 24.5. The van der Waals surface area contributed by atoms with Crippen LogP contribution >= 0.6 is 11.6 Å². The van der Waals surface area contributed by atoms with Gasteiger partial charge in [-0.25, -0.2) is 14.2 Å².